The Balaban J connectivity index is 1.84. The number of para-hydroxylation sites is 2. The Kier molecular flexibility index (Phi) is 7.29. The van der Waals surface area contributed by atoms with Gasteiger partial charge in [-0.3, -0.25) is 4.79 Å². The van der Waals surface area contributed by atoms with Gasteiger partial charge >= 0.3 is 0 Å². The molecule has 0 bridgehead atoms. The average Bonchev–Trinajstić information content (AvgIpc) is 2.93. The second-order valence-electron chi connectivity index (χ2n) is 6.78. The first-order valence-electron chi connectivity index (χ1n) is 9.35. The van der Waals surface area contributed by atoms with Crippen molar-refractivity contribution in [2.75, 3.05) is 6.54 Å². The summed E-state index contributed by atoms with van der Waals surface area (Å²) in [6.07, 6.45) is 6.67. The van der Waals surface area contributed by atoms with Crippen molar-refractivity contribution in [2.45, 2.75) is 65.8 Å². The molecular weight excluding hydrogens is 298 g/mol. The van der Waals surface area contributed by atoms with Crippen LogP contribution in [0.5, 0.6) is 0 Å². The molecular formula is C20H31N3O. The summed E-state index contributed by atoms with van der Waals surface area (Å²) < 4.78 is 2.39. The minimum Gasteiger partial charge on any atom is -0.356 e. The number of hydrogen-bond donors (Lipinski definition) is 1. The van der Waals surface area contributed by atoms with Crippen LogP contribution in [-0.2, 0) is 17.8 Å². The third-order valence-electron chi connectivity index (χ3n) is 4.37. The standard InChI is InChI=1S/C20H31N3O/c1-4-5-15-23-18-12-9-8-11-17(18)22-19(23)13-7-6-10-14-21-20(24)16(2)3/h8-9,11-12,16H,4-7,10,13-15H2,1-3H3,(H,21,24). The summed E-state index contributed by atoms with van der Waals surface area (Å²) in [5.74, 6) is 1.43. The number of nitrogens with zero attached hydrogens (tertiary/aromatic N) is 2. The van der Waals surface area contributed by atoms with Gasteiger partial charge in [-0.15, -0.1) is 0 Å². The van der Waals surface area contributed by atoms with E-state index in [0.717, 1.165) is 44.3 Å². The SMILES string of the molecule is CCCCn1c(CCCCCNC(=O)C(C)C)nc2ccccc21. The van der Waals surface area contributed by atoms with Crippen LogP contribution in [0.1, 0.15) is 58.7 Å². The fourth-order valence-corrected chi connectivity index (χ4v) is 2.88. The monoisotopic (exact) mass is 329 g/mol. The van der Waals surface area contributed by atoms with Gasteiger partial charge in [0.15, 0.2) is 0 Å². The van der Waals surface area contributed by atoms with E-state index >= 15 is 0 Å². The van der Waals surface area contributed by atoms with Gasteiger partial charge in [-0.25, -0.2) is 4.98 Å². The third-order valence-corrected chi connectivity index (χ3v) is 4.37. The number of amides is 1. The number of unbranched alkanes of at least 4 members (excludes halogenated alkanes) is 3. The molecule has 1 aromatic heterocycles. The van der Waals surface area contributed by atoms with Crippen molar-refractivity contribution in [1.82, 2.24) is 14.9 Å². The molecule has 0 aliphatic carbocycles. The van der Waals surface area contributed by atoms with Crippen LogP contribution in [-0.4, -0.2) is 22.0 Å². The van der Waals surface area contributed by atoms with Crippen LogP contribution in [0.4, 0.5) is 0 Å². The van der Waals surface area contributed by atoms with Crippen LogP contribution in [0.25, 0.3) is 11.0 Å². The first-order chi connectivity index (χ1) is 11.6. The number of nitrogens with one attached hydrogen (secondary N) is 1. The van der Waals surface area contributed by atoms with Crippen LogP contribution >= 0.6 is 0 Å². The molecule has 1 heterocycles. The predicted molar refractivity (Wildman–Crippen MR) is 100 cm³/mol. The molecule has 2 aromatic rings. The molecule has 0 unspecified atom stereocenters. The van der Waals surface area contributed by atoms with Gasteiger partial charge in [0.2, 0.25) is 5.91 Å². The maximum absolute atomic E-state index is 11.5. The first-order valence-corrected chi connectivity index (χ1v) is 9.35. The Hall–Kier alpha value is -1.84. The van der Waals surface area contributed by atoms with Gasteiger partial charge in [0.05, 0.1) is 11.0 Å². The molecule has 2 rings (SSSR count). The summed E-state index contributed by atoms with van der Waals surface area (Å²) >= 11 is 0. The summed E-state index contributed by atoms with van der Waals surface area (Å²) in [6, 6.07) is 8.42. The smallest absolute Gasteiger partial charge is 0.222 e. The van der Waals surface area contributed by atoms with E-state index in [4.69, 9.17) is 4.98 Å². The second-order valence-corrected chi connectivity index (χ2v) is 6.78. The summed E-state index contributed by atoms with van der Waals surface area (Å²) in [5.41, 5.74) is 2.36. The number of fused-ring (bicyclic) bond motifs is 1. The Morgan fingerprint density at radius 1 is 1.17 bits per heavy atom. The first kappa shape index (κ1) is 18.5. The van der Waals surface area contributed by atoms with Crippen molar-refractivity contribution < 1.29 is 4.79 Å². The highest BCUT2D eigenvalue weighted by Crippen LogP contribution is 2.18. The van der Waals surface area contributed by atoms with E-state index in [1.807, 2.05) is 13.8 Å². The van der Waals surface area contributed by atoms with Crippen molar-refractivity contribution in [3.8, 4) is 0 Å². The van der Waals surface area contributed by atoms with Gasteiger partial charge in [0, 0.05) is 25.4 Å². The Bertz CT molecular complexity index is 645. The maximum atomic E-state index is 11.5. The Morgan fingerprint density at radius 3 is 2.71 bits per heavy atom. The number of rotatable bonds is 10. The lowest BCUT2D eigenvalue weighted by atomic mass is 10.1. The molecule has 0 fully saturated rings. The minimum absolute atomic E-state index is 0.0727. The number of hydrogen-bond acceptors (Lipinski definition) is 2. The number of aryl methyl sites for hydroxylation is 2. The highest BCUT2D eigenvalue weighted by molar-refractivity contribution is 5.77. The van der Waals surface area contributed by atoms with E-state index in [1.54, 1.807) is 0 Å². The van der Waals surface area contributed by atoms with Gasteiger partial charge < -0.3 is 9.88 Å². The number of aromatic nitrogens is 2. The number of imidazole rings is 1. The van der Waals surface area contributed by atoms with Crippen molar-refractivity contribution >= 4 is 16.9 Å². The molecule has 1 N–H and O–H groups in total. The van der Waals surface area contributed by atoms with E-state index in [1.165, 1.54) is 24.2 Å². The van der Waals surface area contributed by atoms with Crippen LogP contribution in [0.15, 0.2) is 24.3 Å². The fourth-order valence-electron chi connectivity index (χ4n) is 2.88. The molecule has 4 heteroatoms. The number of carbonyl (C=O) groups excluding carboxylic acids is 1. The molecule has 1 amide bonds. The van der Waals surface area contributed by atoms with E-state index < -0.39 is 0 Å². The second kappa shape index (κ2) is 9.45. The zero-order chi connectivity index (χ0) is 17.4. The van der Waals surface area contributed by atoms with E-state index in [-0.39, 0.29) is 11.8 Å². The largest absolute Gasteiger partial charge is 0.356 e. The van der Waals surface area contributed by atoms with Gasteiger partial charge in [-0.2, -0.15) is 0 Å². The van der Waals surface area contributed by atoms with Gasteiger partial charge in [-0.05, 0) is 31.4 Å². The van der Waals surface area contributed by atoms with Gasteiger partial charge in [0.25, 0.3) is 0 Å². The summed E-state index contributed by atoms with van der Waals surface area (Å²) in [5, 5.41) is 2.98. The van der Waals surface area contributed by atoms with Crippen LogP contribution < -0.4 is 5.32 Å². The molecule has 1 aromatic carbocycles. The molecule has 0 radical (unpaired) electrons. The summed E-state index contributed by atoms with van der Waals surface area (Å²) in [7, 11) is 0. The highest BCUT2D eigenvalue weighted by Gasteiger charge is 2.10. The van der Waals surface area contributed by atoms with Crippen LogP contribution in [0.2, 0.25) is 0 Å². The molecule has 0 saturated heterocycles. The van der Waals surface area contributed by atoms with E-state index in [0.29, 0.717) is 0 Å². The predicted octanol–water partition coefficient (Wildman–Crippen LogP) is 4.32. The number of carbonyl (C=O) groups is 1. The van der Waals surface area contributed by atoms with E-state index in [9.17, 15) is 4.79 Å². The molecule has 0 spiro atoms. The Morgan fingerprint density at radius 2 is 1.96 bits per heavy atom. The van der Waals surface area contributed by atoms with Crippen molar-refractivity contribution in [2.24, 2.45) is 5.92 Å². The molecule has 0 saturated carbocycles. The highest BCUT2D eigenvalue weighted by atomic mass is 16.1. The maximum Gasteiger partial charge on any atom is 0.222 e. The molecule has 24 heavy (non-hydrogen) atoms. The average molecular weight is 329 g/mol. The topological polar surface area (TPSA) is 46.9 Å². The van der Waals surface area contributed by atoms with Crippen LogP contribution in [0.3, 0.4) is 0 Å². The molecule has 0 aliphatic rings. The summed E-state index contributed by atoms with van der Waals surface area (Å²) in [4.78, 5) is 16.3. The van der Waals surface area contributed by atoms with Gasteiger partial charge in [0.1, 0.15) is 5.82 Å². The fraction of sp³-hybridized carbons (Fsp3) is 0.600. The summed E-state index contributed by atoms with van der Waals surface area (Å²) in [6.45, 7) is 7.91. The lowest BCUT2D eigenvalue weighted by Gasteiger charge is -2.09. The van der Waals surface area contributed by atoms with E-state index in [2.05, 4.69) is 41.1 Å². The quantitative estimate of drug-likeness (QED) is 0.660. The molecule has 4 nitrogen and oxygen atoms in total. The van der Waals surface area contributed by atoms with Crippen LogP contribution in [0, 0.1) is 5.92 Å². The molecule has 0 aliphatic heterocycles. The molecule has 132 valence electrons. The van der Waals surface area contributed by atoms with Crippen molar-refractivity contribution in [1.29, 1.82) is 0 Å². The minimum atomic E-state index is 0.0727. The Labute approximate surface area is 145 Å². The molecule has 0 atom stereocenters. The zero-order valence-electron chi connectivity index (χ0n) is 15.3. The lowest BCUT2D eigenvalue weighted by Crippen LogP contribution is -2.28. The van der Waals surface area contributed by atoms with Gasteiger partial charge in [-0.1, -0.05) is 45.7 Å². The van der Waals surface area contributed by atoms with Crippen molar-refractivity contribution in [3.05, 3.63) is 30.1 Å². The van der Waals surface area contributed by atoms with Crippen molar-refractivity contribution in [3.63, 3.8) is 0 Å². The zero-order valence-corrected chi connectivity index (χ0v) is 15.3. The normalized spacial score (nSPS) is 11.3. The number of benzene rings is 1. The lowest BCUT2D eigenvalue weighted by molar-refractivity contribution is -0.123. The third kappa shape index (κ3) is 5.08.